The fourth-order valence-electron chi connectivity index (χ4n) is 1.76. The lowest BCUT2D eigenvalue weighted by Crippen LogP contribution is -2.23. The summed E-state index contributed by atoms with van der Waals surface area (Å²) in [5, 5.41) is 2.99. The average molecular weight is 227 g/mol. The summed E-state index contributed by atoms with van der Waals surface area (Å²) in [6.45, 7) is 5.28. The summed E-state index contributed by atoms with van der Waals surface area (Å²) < 4.78 is 0. The van der Waals surface area contributed by atoms with Crippen molar-refractivity contribution in [1.82, 2.24) is 5.32 Å². The van der Waals surface area contributed by atoms with Gasteiger partial charge in [-0.25, -0.2) is 0 Å². The monoisotopic (exact) mass is 227 g/mol. The van der Waals surface area contributed by atoms with Gasteiger partial charge in [0, 0.05) is 13.0 Å². The predicted molar refractivity (Wildman–Crippen MR) is 70.5 cm³/mol. The van der Waals surface area contributed by atoms with Gasteiger partial charge in [0.25, 0.3) is 0 Å². The van der Waals surface area contributed by atoms with Gasteiger partial charge in [-0.1, -0.05) is 58.8 Å². The van der Waals surface area contributed by atoms with Gasteiger partial charge < -0.3 is 5.32 Å². The summed E-state index contributed by atoms with van der Waals surface area (Å²) in [5.41, 5.74) is 0. The van der Waals surface area contributed by atoms with Crippen molar-refractivity contribution in [1.29, 1.82) is 0 Å². The highest BCUT2D eigenvalue weighted by molar-refractivity contribution is 5.75. The smallest absolute Gasteiger partial charge is 0.219 e. The van der Waals surface area contributed by atoms with Crippen LogP contribution in [-0.2, 0) is 4.79 Å². The molecule has 0 aliphatic rings. The Morgan fingerprint density at radius 2 is 1.38 bits per heavy atom. The number of amides is 1. The van der Waals surface area contributed by atoms with Crippen LogP contribution in [-0.4, -0.2) is 12.5 Å². The highest BCUT2D eigenvalue weighted by Gasteiger charge is 1.99. The Labute approximate surface area is 101 Å². The van der Waals surface area contributed by atoms with Crippen molar-refractivity contribution < 1.29 is 4.79 Å². The van der Waals surface area contributed by atoms with Gasteiger partial charge >= 0.3 is 0 Å². The molecule has 2 heteroatoms. The number of nitrogens with one attached hydrogen (secondary N) is 1. The maximum absolute atomic E-state index is 11.4. The van der Waals surface area contributed by atoms with E-state index in [0.29, 0.717) is 0 Å². The summed E-state index contributed by atoms with van der Waals surface area (Å²) in [4.78, 5) is 11.4. The summed E-state index contributed by atoms with van der Waals surface area (Å²) in [7, 11) is 0. The minimum absolute atomic E-state index is 0.244. The predicted octanol–water partition coefficient (Wildman–Crippen LogP) is 4.04. The molecule has 0 rings (SSSR count). The number of hydrogen-bond donors (Lipinski definition) is 1. The summed E-state index contributed by atoms with van der Waals surface area (Å²) >= 11 is 0. The third kappa shape index (κ3) is 11.5. The Morgan fingerprint density at radius 1 is 0.812 bits per heavy atom. The number of hydrogen-bond acceptors (Lipinski definition) is 1. The molecule has 0 aromatic heterocycles. The van der Waals surface area contributed by atoms with Crippen molar-refractivity contribution in [2.24, 2.45) is 0 Å². The van der Waals surface area contributed by atoms with Crippen LogP contribution in [0.1, 0.15) is 78.1 Å². The Bertz CT molecular complexity index is 141. The normalized spacial score (nSPS) is 10.4. The Morgan fingerprint density at radius 3 is 2.00 bits per heavy atom. The van der Waals surface area contributed by atoms with E-state index in [-0.39, 0.29) is 5.91 Å². The van der Waals surface area contributed by atoms with Crippen LogP contribution in [0.25, 0.3) is 0 Å². The van der Waals surface area contributed by atoms with Crippen molar-refractivity contribution in [2.75, 3.05) is 6.54 Å². The SMILES string of the molecule is CCCCCCCC(=O)NCCCCCC. The highest BCUT2D eigenvalue weighted by Crippen LogP contribution is 2.04. The van der Waals surface area contributed by atoms with Crippen molar-refractivity contribution >= 4 is 5.91 Å². The van der Waals surface area contributed by atoms with E-state index < -0.39 is 0 Å². The fraction of sp³-hybridized carbons (Fsp3) is 0.929. The Kier molecular flexibility index (Phi) is 12.1. The first-order valence-electron chi connectivity index (χ1n) is 7.08. The molecule has 0 aromatic rings. The number of rotatable bonds is 11. The minimum atomic E-state index is 0.244. The van der Waals surface area contributed by atoms with Crippen molar-refractivity contribution in [3.05, 3.63) is 0 Å². The maximum atomic E-state index is 11.4. The molecule has 0 fully saturated rings. The summed E-state index contributed by atoms with van der Waals surface area (Å²) in [5.74, 6) is 0.244. The third-order valence-corrected chi connectivity index (χ3v) is 2.86. The van der Waals surface area contributed by atoms with E-state index in [0.717, 1.165) is 25.8 Å². The molecular formula is C14H29NO. The average Bonchev–Trinajstić information content (AvgIpc) is 2.28. The molecule has 0 spiro atoms. The zero-order chi connectivity index (χ0) is 12.1. The quantitative estimate of drug-likeness (QED) is 0.530. The summed E-state index contributed by atoms with van der Waals surface area (Å²) in [6.07, 6.45) is 11.7. The lowest BCUT2D eigenvalue weighted by molar-refractivity contribution is -0.121. The zero-order valence-corrected chi connectivity index (χ0v) is 11.2. The molecule has 2 nitrogen and oxygen atoms in total. The molecule has 1 N–H and O–H groups in total. The third-order valence-electron chi connectivity index (χ3n) is 2.86. The Hall–Kier alpha value is -0.530. The van der Waals surface area contributed by atoms with E-state index in [2.05, 4.69) is 19.2 Å². The molecule has 0 radical (unpaired) electrons. The fourth-order valence-corrected chi connectivity index (χ4v) is 1.76. The van der Waals surface area contributed by atoms with E-state index in [1.54, 1.807) is 0 Å². The van der Waals surface area contributed by atoms with Crippen molar-refractivity contribution in [2.45, 2.75) is 78.1 Å². The van der Waals surface area contributed by atoms with Crippen LogP contribution in [0.2, 0.25) is 0 Å². The van der Waals surface area contributed by atoms with Gasteiger partial charge in [0.2, 0.25) is 5.91 Å². The first-order chi connectivity index (χ1) is 7.81. The van der Waals surface area contributed by atoms with Gasteiger partial charge in [-0.05, 0) is 12.8 Å². The van der Waals surface area contributed by atoms with Gasteiger partial charge in [0.05, 0.1) is 0 Å². The highest BCUT2D eigenvalue weighted by atomic mass is 16.1. The Balaban J connectivity index is 3.12. The molecule has 0 aliphatic carbocycles. The molecule has 0 aromatic carbocycles. The van der Waals surface area contributed by atoms with Gasteiger partial charge in [-0.2, -0.15) is 0 Å². The van der Waals surface area contributed by atoms with Gasteiger partial charge in [-0.15, -0.1) is 0 Å². The lowest BCUT2D eigenvalue weighted by atomic mass is 10.1. The number of carbonyl (C=O) groups is 1. The van der Waals surface area contributed by atoms with E-state index in [1.165, 1.54) is 44.9 Å². The first kappa shape index (κ1) is 15.5. The van der Waals surface area contributed by atoms with Crippen LogP contribution < -0.4 is 5.32 Å². The zero-order valence-electron chi connectivity index (χ0n) is 11.2. The first-order valence-corrected chi connectivity index (χ1v) is 7.08. The second-order valence-electron chi connectivity index (χ2n) is 4.57. The van der Waals surface area contributed by atoms with Crippen LogP contribution >= 0.6 is 0 Å². The molecule has 0 saturated carbocycles. The molecule has 0 saturated heterocycles. The largest absolute Gasteiger partial charge is 0.356 e. The van der Waals surface area contributed by atoms with Gasteiger partial charge in [0.1, 0.15) is 0 Å². The van der Waals surface area contributed by atoms with E-state index >= 15 is 0 Å². The van der Waals surface area contributed by atoms with Crippen LogP contribution in [0.3, 0.4) is 0 Å². The van der Waals surface area contributed by atoms with Gasteiger partial charge in [0.15, 0.2) is 0 Å². The second-order valence-corrected chi connectivity index (χ2v) is 4.57. The molecule has 0 heterocycles. The molecule has 16 heavy (non-hydrogen) atoms. The van der Waals surface area contributed by atoms with Crippen LogP contribution in [0.4, 0.5) is 0 Å². The minimum Gasteiger partial charge on any atom is -0.356 e. The lowest BCUT2D eigenvalue weighted by Gasteiger charge is -2.04. The van der Waals surface area contributed by atoms with Crippen molar-refractivity contribution in [3.8, 4) is 0 Å². The van der Waals surface area contributed by atoms with Crippen molar-refractivity contribution in [3.63, 3.8) is 0 Å². The maximum Gasteiger partial charge on any atom is 0.219 e. The number of unbranched alkanes of at least 4 members (excludes halogenated alkanes) is 7. The van der Waals surface area contributed by atoms with Crippen LogP contribution in [0, 0.1) is 0 Å². The van der Waals surface area contributed by atoms with Gasteiger partial charge in [-0.3, -0.25) is 4.79 Å². The molecule has 0 unspecified atom stereocenters. The van der Waals surface area contributed by atoms with E-state index in [4.69, 9.17) is 0 Å². The standard InChI is InChI=1S/C14H29NO/c1-3-5-7-9-10-12-14(16)15-13-11-8-6-4-2/h3-13H2,1-2H3,(H,15,16). The summed E-state index contributed by atoms with van der Waals surface area (Å²) in [6, 6.07) is 0. The van der Waals surface area contributed by atoms with Crippen LogP contribution in [0.5, 0.6) is 0 Å². The topological polar surface area (TPSA) is 29.1 Å². The molecular weight excluding hydrogens is 198 g/mol. The molecule has 0 aliphatic heterocycles. The molecule has 96 valence electrons. The molecule has 0 atom stereocenters. The van der Waals surface area contributed by atoms with E-state index in [9.17, 15) is 4.79 Å². The van der Waals surface area contributed by atoms with E-state index in [1.807, 2.05) is 0 Å². The van der Waals surface area contributed by atoms with Crippen LogP contribution in [0.15, 0.2) is 0 Å². The molecule has 1 amide bonds. The molecule has 0 bridgehead atoms. The second kappa shape index (κ2) is 12.5. The number of carbonyl (C=O) groups excluding carboxylic acids is 1.